The Kier molecular flexibility index (Phi) is 9.05. The molecule has 26 heavy (non-hydrogen) atoms. The molecule has 0 aromatic rings. The zero-order valence-electron chi connectivity index (χ0n) is 16.2. The predicted octanol–water partition coefficient (Wildman–Crippen LogP) is 1.58. The van der Waals surface area contributed by atoms with Gasteiger partial charge in [-0.2, -0.15) is 0 Å². The number of ether oxygens (including phenoxy) is 2. The number of amides is 2. The Hall–Kier alpha value is -2.36. The van der Waals surface area contributed by atoms with Gasteiger partial charge in [-0.3, -0.25) is 10.1 Å². The lowest BCUT2D eigenvalue weighted by atomic mass is 10.2. The van der Waals surface area contributed by atoms with Crippen LogP contribution in [-0.2, 0) is 14.3 Å². The molecule has 0 heterocycles. The molecule has 0 rings (SSSR count). The Morgan fingerprint density at radius 2 is 1.62 bits per heavy atom. The molecular weight excluding hydrogens is 344 g/mol. The number of alkyl carbamates (subject to hydrolysis) is 1. The van der Waals surface area contributed by atoms with Crippen LogP contribution in [-0.4, -0.2) is 53.0 Å². The second-order valence-electron chi connectivity index (χ2n) is 7.58. The number of nitrogens with zero attached hydrogens (tertiary/aromatic N) is 1. The van der Waals surface area contributed by atoms with Crippen molar-refractivity contribution in [3.63, 3.8) is 0 Å². The third kappa shape index (κ3) is 13.0. The fourth-order valence-corrected chi connectivity index (χ4v) is 1.54. The minimum Gasteiger partial charge on any atom is -0.480 e. The van der Waals surface area contributed by atoms with E-state index < -0.39 is 35.4 Å². The van der Waals surface area contributed by atoms with Gasteiger partial charge in [0.25, 0.3) is 0 Å². The van der Waals surface area contributed by atoms with Gasteiger partial charge in [-0.15, -0.1) is 4.99 Å². The van der Waals surface area contributed by atoms with Crippen LogP contribution in [0.4, 0.5) is 9.59 Å². The van der Waals surface area contributed by atoms with Gasteiger partial charge in [0, 0.05) is 6.54 Å². The van der Waals surface area contributed by atoms with Crippen molar-refractivity contribution in [1.82, 2.24) is 10.6 Å². The highest BCUT2D eigenvalue weighted by molar-refractivity contribution is 5.98. The van der Waals surface area contributed by atoms with Crippen molar-refractivity contribution in [2.24, 2.45) is 10.7 Å². The molecule has 1 atom stereocenters. The van der Waals surface area contributed by atoms with E-state index in [1.165, 1.54) is 0 Å². The van der Waals surface area contributed by atoms with Crippen molar-refractivity contribution in [3.05, 3.63) is 0 Å². The Morgan fingerprint density at radius 3 is 2.08 bits per heavy atom. The first-order valence-electron chi connectivity index (χ1n) is 8.23. The maximum absolute atomic E-state index is 11.9. The number of guanidine groups is 1. The Bertz CT molecular complexity index is 534. The predicted molar refractivity (Wildman–Crippen MR) is 95.9 cm³/mol. The summed E-state index contributed by atoms with van der Waals surface area (Å²) in [6.45, 7) is 10.4. The standard InChI is InChI=1S/C16H30N4O6/c1-15(2,3)25-13(23)19-12(20-14(24)26-16(4,5)6)18-9-7-8-10(17)11(21)22/h10H,7-9,17H2,1-6H3,(H,21,22)(H2,18,19,20,23,24)/t10-/m1/s1. The van der Waals surface area contributed by atoms with Crippen LogP contribution in [0.25, 0.3) is 0 Å². The number of aliphatic carboxylic acids is 1. The Balaban J connectivity index is 4.85. The average Bonchev–Trinajstić information content (AvgIpc) is 2.38. The monoisotopic (exact) mass is 374 g/mol. The van der Waals surface area contributed by atoms with Gasteiger partial charge in [0.2, 0.25) is 5.96 Å². The lowest BCUT2D eigenvalue weighted by Gasteiger charge is -2.21. The molecule has 10 heteroatoms. The molecule has 0 aliphatic heterocycles. The number of nitrogens with two attached hydrogens (primary N) is 1. The first kappa shape index (κ1) is 23.6. The van der Waals surface area contributed by atoms with Gasteiger partial charge in [-0.05, 0) is 54.4 Å². The van der Waals surface area contributed by atoms with E-state index in [2.05, 4.69) is 15.6 Å². The number of aliphatic imine (C=N–C) groups is 1. The number of hydrogen-bond acceptors (Lipinski definition) is 6. The number of carbonyl (C=O) groups is 3. The highest BCUT2D eigenvalue weighted by Gasteiger charge is 2.20. The molecule has 5 N–H and O–H groups in total. The van der Waals surface area contributed by atoms with Gasteiger partial charge in [0.05, 0.1) is 0 Å². The second kappa shape index (κ2) is 9.95. The molecule has 0 aliphatic carbocycles. The molecule has 0 fully saturated rings. The average molecular weight is 374 g/mol. The van der Waals surface area contributed by atoms with Crippen LogP contribution < -0.4 is 16.4 Å². The molecule has 10 nitrogen and oxygen atoms in total. The van der Waals surface area contributed by atoms with Crippen molar-refractivity contribution in [2.45, 2.75) is 71.6 Å². The van der Waals surface area contributed by atoms with E-state index in [1.807, 2.05) is 0 Å². The third-order valence-electron chi connectivity index (χ3n) is 2.52. The van der Waals surface area contributed by atoms with Crippen LogP contribution in [0.1, 0.15) is 54.4 Å². The maximum Gasteiger partial charge on any atom is 0.437 e. The second-order valence-corrected chi connectivity index (χ2v) is 7.58. The molecule has 150 valence electrons. The molecule has 2 amide bonds. The van der Waals surface area contributed by atoms with E-state index in [0.717, 1.165) is 0 Å². The minimum atomic E-state index is -1.10. The van der Waals surface area contributed by atoms with Crippen LogP contribution in [0, 0.1) is 0 Å². The van der Waals surface area contributed by atoms with Gasteiger partial charge >= 0.3 is 18.2 Å². The van der Waals surface area contributed by atoms with Gasteiger partial charge in [-0.1, -0.05) is 0 Å². The lowest BCUT2D eigenvalue weighted by Crippen LogP contribution is -2.44. The fraction of sp³-hybridized carbons (Fsp3) is 0.750. The topological polar surface area (TPSA) is 152 Å². The van der Waals surface area contributed by atoms with Gasteiger partial charge in [0.1, 0.15) is 17.2 Å². The number of rotatable bonds is 5. The zero-order chi connectivity index (χ0) is 20.5. The van der Waals surface area contributed by atoms with E-state index >= 15 is 0 Å². The Labute approximate surface area is 153 Å². The summed E-state index contributed by atoms with van der Waals surface area (Å²) in [6, 6.07) is -0.984. The smallest absolute Gasteiger partial charge is 0.437 e. The summed E-state index contributed by atoms with van der Waals surface area (Å²) >= 11 is 0. The maximum atomic E-state index is 11.9. The first-order valence-corrected chi connectivity index (χ1v) is 8.23. The summed E-state index contributed by atoms with van der Waals surface area (Å²) in [6.07, 6.45) is -1.08. The van der Waals surface area contributed by atoms with E-state index in [4.69, 9.17) is 20.3 Å². The van der Waals surface area contributed by atoms with E-state index in [1.54, 1.807) is 41.5 Å². The summed E-state index contributed by atoms with van der Waals surface area (Å²) in [5.74, 6) is -1.25. The molecule has 0 bridgehead atoms. The number of carbonyl (C=O) groups excluding carboxylic acids is 2. The van der Waals surface area contributed by atoms with Crippen molar-refractivity contribution in [3.8, 4) is 0 Å². The highest BCUT2D eigenvalue weighted by Crippen LogP contribution is 2.08. The van der Waals surface area contributed by atoms with Crippen molar-refractivity contribution >= 4 is 24.1 Å². The lowest BCUT2D eigenvalue weighted by molar-refractivity contribution is -0.138. The largest absolute Gasteiger partial charge is 0.480 e. The minimum absolute atomic E-state index is 0.155. The number of nitrogens with one attached hydrogen (secondary N) is 2. The van der Waals surface area contributed by atoms with Gasteiger partial charge in [0.15, 0.2) is 0 Å². The Morgan fingerprint density at radius 1 is 1.08 bits per heavy atom. The summed E-state index contributed by atoms with van der Waals surface area (Å²) in [5, 5.41) is 13.8. The van der Waals surface area contributed by atoms with E-state index in [-0.39, 0.29) is 18.9 Å². The van der Waals surface area contributed by atoms with Crippen molar-refractivity contribution in [1.29, 1.82) is 0 Å². The molecule has 0 aliphatic rings. The molecule has 0 saturated carbocycles. The van der Waals surface area contributed by atoms with Gasteiger partial charge < -0.3 is 25.6 Å². The van der Waals surface area contributed by atoms with Crippen LogP contribution in [0.3, 0.4) is 0 Å². The number of carboxylic acid groups (broad SMARTS) is 1. The quantitative estimate of drug-likeness (QED) is 0.321. The fourth-order valence-electron chi connectivity index (χ4n) is 1.54. The van der Waals surface area contributed by atoms with Crippen LogP contribution >= 0.6 is 0 Å². The van der Waals surface area contributed by atoms with Crippen molar-refractivity contribution in [2.75, 3.05) is 6.54 Å². The molecule has 0 aromatic heterocycles. The molecule has 0 unspecified atom stereocenters. The summed E-state index contributed by atoms with van der Waals surface area (Å²) in [5.41, 5.74) is 3.94. The molecule has 0 spiro atoms. The van der Waals surface area contributed by atoms with Gasteiger partial charge in [-0.25, -0.2) is 9.59 Å². The normalized spacial score (nSPS) is 13.6. The summed E-state index contributed by atoms with van der Waals surface area (Å²) < 4.78 is 10.2. The molecule has 0 saturated heterocycles. The number of hydrogen-bond donors (Lipinski definition) is 4. The van der Waals surface area contributed by atoms with E-state index in [9.17, 15) is 14.4 Å². The summed E-state index contributed by atoms with van der Waals surface area (Å²) in [4.78, 5) is 38.0. The third-order valence-corrected chi connectivity index (χ3v) is 2.52. The molecule has 0 radical (unpaired) electrons. The molecule has 0 aromatic carbocycles. The first-order chi connectivity index (χ1) is 11.7. The van der Waals surface area contributed by atoms with Crippen LogP contribution in [0.5, 0.6) is 0 Å². The zero-order valence-corrected chi connectivity index (χ0v) is 16.2. The van der Waals surface area contributed by atoms with Crippen LogP contribution in [0.15, 0.2) is 4.99 Å². The molecular formula is C16H30N4O6. The number of carboxylic acids is 1. The SMILES string of the molecule is CC(C)(C)OC(=O)/N=C(/NCCC[C@@H](N)C(=O)O)NC(=O)OC(C)(C)C. The van der Waals surface area contributed by atoms with E-state index in [0.29, 0.717) is 6.42 Å². The van der Waals surface area contributed by atoms with Crippen molar-refractivity contribution < 1.29 is 29.0 Å². The highest BCUT2D eigenvalue weighted by atomic mass is 16.6. The summed E-state index contributed by atoms with van der Waals surface area (Å²) in [7, 11) is 0. The van der Waals surface area contributed by atoms with Crippen LogP contribution in [0.2, 0.25) is 0 Å².